The minimum Gasteiger partial charge on any atom is -0.497 e. The number of fused-ring (bicyclic) bond motifs is 1. The number of hydrazone groups is 1. The SMILES string of the molecule is COc1ccc(/C=N/NC(=O)c2c(C)nc3ccccn23)cc1. The minimum absolute atomic E-state index is 0.300. The number of methoxy groups -OCH3 is 1. The van der Waals surface area contributed by atoms with Gasteiger partial charge in [-0.2, -0.15) is 5.10 Å². The van der Waals surface area contributed by atoms with Crippen molar-refractivity contribution in [2.24, 2.45) is 5.10 Å². The highest BCUT2D eigenvalue weighted by atomic mass is 16.5. The van der Waals surface area contributed by atoms with Crippen LogP contribution in [-0.4, -0.2) is 28.6 Å². The van der Waals surface area contributed by atoms with Gasteiger partial charge < -0.3 is 4.74 Å². The fourth-order valence-electron chi connectivity index (χ4n) is 2.30. The number of imidazole rings is 1. The van der Waals surface area contributed by atoms with Gasteiger partial charge in [-0.25, -0.2) is 10.4 Å². The number of carbonyl (C=O) groups is 1. The molecule has 0 bridgehead atoms. The minimum atomic E-state index is -0.300. The standard InChI is InChI=1S/C17H16N4O2/c1-12-16(21-10-4-3-5-15(21)19-12)17(22)20-18-11-13-6-8-14(23-2)9-7-13/h3-11H,1-2H3,(H,20,22)/b18-11+. The molecule has 0 saturated heterocycles. The number of pyridine rings is 1. The van der Waals surface area contributed by atoms with Gasteiger partial charge in [-0.05, 0) is 48.9 Å². The monoisotopic (exact) mass is 308 g/mol. The molecule has 3 aromatic rings. The Morgan fingerprint density at radius 2 is 2.04 bits per heavy atom. The molecular formula is C17H16N4O2. The second kappa shape index (κ2) is 6.31. The molecule has 2 heterocycles. The average molecular weight is 308 g/mol. The van der Waals surface area contributed by atoms with E-state index in [9.17, 15) is 4.79 Å². The van der Waals surface area contributed by atoms with E-state index in [1.54, 1.807) is 30.8 Å². The molecule has 0 spiro atoms. The maximum Gasteiger partial charge on any atom is 0.290 e. The molecule has 6 nitrogen and oxygen atoms in total. The van der Waals surface area contributed by atoms with Crippen LogP contribution in [0.1, 0.15) is 21.7 Å². The molecule has 0 aliphatic heterocycles. The highest BCUT2D eigenvalue weighted by Crippen LogP contribution is 2.12. The molecule has 0 unspecified atom stereocenters. The second-order valence-corrected chi connectivity index (χ2v) is 4.95. The lowest BCUT2D eigenvalue weighted by molar-refractivity contribution is 0.0948. The lowest BCUT2D eigenvalue weighted by Gasteiger charge is -2.02. The Hall–Kier alpha value is -3.15. The first-order valence-electron chi connectivity index (χ1n) is 7.10. The summed E-state index contributed by atoms with van der Waals surface area (Å²) in [5, 5.41) is 3.99. The largest absolute Gasteiger partial charge is 0.497 e. The number of hydrogen-bond donors (Lipinski definition) is 1. The van der Waals surface area contributed by atoms with Crippen LogP contribution in [0.5, 0.6) is 5.75 Å². The summed E-state index contributed by atoms with van der Waals surface area (Å²) in [5.41, 5.74) is 5.27. The Balaban J connectivity index is 1.75. The number of hydrogen-bond acceptors (Lipinski definition) is 4. The summed E-state index contributed by atoms with van der Waals surface area (Å²) < 4.78 is 6.83. The molecular weight excluding hydrogens is 292 g/mol. The van der Waals surface area contributed by atoms with Crippen molar-refractivity contribution in [1.29, 1.82) is 0 Å². The zero-order chi connectivity index (χ0) is 16.2. The number of rotatable bonds is 4. The van der Waals surface area contributed by atoms with Crippen molar-refractivity contribution >= 4 is 17.8 Å². The van der Waals surface area contributed by atoms with E-state index in [0.717, 1.165) is 17.0 Å². The lowest BCUT2D eigenvalue weighted by atomic mass is 10.2. The van der Waals surface area contributed by atoms with E-state index < -0.39 is 0 Å². The Morgan fingerprint density at radius 1 is 1.26 bits per heavy atom. The summed E-state index contributed by atoms with van der Waals surface area (Å²) >= 11 is 0. The van der Waals surface area contributed by atoms with Gasteiger partial charge in [0, 0.05) is 6.20 Å². The van der Waals surface area contributed by atoms with Crippen LogP contribution in [0.25, 0.3) is 5.65 Å². The third kappa shape index (κ3) is 3.06. The molecule has 6 heteroatoms. The summed E-state index contributed by atoms with van der Waals surface area (Å²) in [5.74, 6) is 0.471. The molecule has 116 valence electrons. The van der Waals surface area contributed by atoms with Gasteiger partial charge in [0.25, 0.3) is 5.91 Å². The summed E-state index contributed by atoms with van der Waals surface area (Å²) in [4.78, 5) is 16.7. The highest BCUT2D eigenvalue weighted by molar-refractivity contribution is 5.95. The maximum atomic E-state index is 12.3. The molecule has 2 aromatic heterocycles. The Labute approximate surface area is 133 Å². The van der Waals surface area contributed by atoms with Gasteiger partial charge in [-0.3, -0.25) is 9.20 Å². The van der Waals surface area contributed by atoms with Crippen LogP contribution in [-0.2, 0) is 0 Å². The normalized spacial score (nSPS) is 11.0. The number of nitrogens with zero attached hydrogens (tertiary/aromatic N) is 3. The van der Waals surface area contributed by atoms with Gasteiger partial charge >= 0.3 is 0 Å². The van der Waals surface area contributed by atoms with E-state index in [4.69, 9.17) is 4.74 Å². The molecule has 1 amide bonds. The molecule has 1 N–H and O–H groups in total. The number of nitrogens with one attached hydrogen (secondary N) is 1. The molecule has 1 aromatic carbocycles. The lowest BCUT2D eigenvalue weighted by Crippen LogP contribution is -2.20. The average Bonchev–Trinajstić information content (AvgIpc) is 2.91. The van der Waals surface area contributed by atoms with Crippen molar-refractivity contribution in [2.45, 2.75) is 6.92 Å². The Morgan fingerprint density at radius 3 is 2.78 bits per heavy atom. The molecule has 0 aliphatic rings. The van der Waals surface area contributed by atoms with Crippen molar-refractivity contribution in [3.05, 3.63) is 65.6 Å². The predicted molar refractivity (Wildman–Crippen MR) is 88.0 cm³/mol. The summed E-state index contributed by atoms with van der Waals surface area (Å²) in [7, 11) is 1.61. The van der Waals surface area contributed by atoms with Gasteiger partial charge in [0.05, 0.1) is 19.0 Å². The van der Waals surface area contributed by atoms with Crippen LogP contribution in [0, 0.1) is 6.92 Å². The molecule has 0 aliphatic carbocycles. The molecule has 0 atom stereocenters. The van der Waals surface area contributed by atoms with Gasteiger partial charge in [0.1, 0.15) is 17.1 Å². The fraction of sp³-hybridized carbons (Fsp3) is 0.118. The summed E-state index contributed by atoms with van der Waals surface area (Å²) in [6, 6.07) is 13.0. The van der Waals surface area contributed by atoms with E-state index in [1.807, 2.05) is 42.5 Å². The van der Waals surface area contributed by atoms with E-state index >= 15 is 0 Å². The highest BCUT2D eigenvalue weighted by Gasteiger charge is 2.15. The summed E-state index contributed by atoms with van der Waals surface area (Å²) in [6.45, 7) is 1.80. The fourth-order valence-corrected chi connectivity index (χ4v) is 2.30. The van der Waals surface area contributed by atoms with Crippen molar-refractivity contribution < 1.29 is 9.53 Å². The van der Waals surface area contributed by atoms with Crippen LogP contribution < -0.4 is 10.2 Å². The second-order valence-electron chi connectivity index (χ2n) is 4.95. The van der Waals surface area contributed by atoms with Crippen LogP contribution in [0.2, 0.25) is 0 Å². The topological polar surface area (TPSA) is 68.0 Å². The number of aromatic nitrogens is 2. The first-order valence-corrected chi connectivity index (χ1v) is 7.10. The van der Waals surface area contributed by atoms with E-state index in [-0.39, 0.29) is 5.91 Å². The molecule has 0 radical (unpaired) electrons. The molecule has 3 rings (SSSR count). The van der Waals surface area contributed by atoms with Gasteiger partial charge in [0.2, 0.25) is 0 Å². The molecule has 0 fully saturated rings. The van der Waals surface area contributed by atoms with Crippen molar-refractivity contribution in [3.8, 4) is 5.75 Å². The van der Waals surface area contributed by atoms with Crippen LogP contribution >= 0.6 is 0 Å². The van der Waals surface area contributed by atoms with Crippen LogP contribution in [0.3, 0.4) is 0 Å². The third-order valence-corrected chi connectivity index (χ3v) is 3.41. The molecule has 0 saturated carbocycles. The number of carbonyl (C=O) groups excluding carboxylic acids is 1. The number of benzene rings is 1. The van der Waals surface area contributed by atoms with Gasteiger partial charge in [0.15, 0.2) is 0 Å². The number of aryl methyl sites for hydroxylation is 1. The predicted octanol–water partition coefficient (Wildman–Crippen LogP) is 2.42. The van der Waals surface area contributed by atoms with E-state index in [0.29, 0.717) is 11.4 Å². The Bertz CT molecular complexity index is 866. The quantitative estimate of drug-likeness (QED) is 0.594. The summed E-state index contributed by atoms with van der Waals surface area (Å²) in [6.07, 6.45) is 3.38. The zero-order valence-electron chi connectivity index (χ0n) is 12.9. The molecule has 23 heavy (non-hydrogen) atoms. The van der Waals surface area contributed by atoms with Crippen molar-refractivity contribution in [2.75, 3.05) is 7.11 Å². The van der Waals surface area contributed by atoms with Gasteiger partial charge in [-0.15, -0.1) is 0 Å². The van der Waals surface area contributed by atoms with E-state index in [2.05, 4.69) is 15.5 Å². The van der Waals surface area contributed by atoms with Crippen molar-refractivity contribution in [3.63, 3.8) is 0 Å². The van der Waals surface area contributed by atoms with Crippen LogP contribution in [0.4, 0.5) is 0 Å². The number of amides is 1. The maximum absolute atomic E-state index is 12.3. The van der Waals surface area contributed by atoms with E-state index in [1.165, 1.54) is 0 Å². The Kier molecular flexibility index (Phi) is 4.05. The third-order valence-electron chi connectivity index (χ3n) is 3.41. The first-order chi connectivity index (χ1) is 11.2. The first kappa shape index (κ1) is 14.8. The smallest absolute Gasteiger partial charge is 0.290 e. The van der Waals surface area contributed by atoms with Crippen molar-refractivity contribution in [1.82, 2.24) is 14.8 Å². The number of ether oxygens (including phenoxy) is 1. The van der Waals surface area contributed by atoms with Crippen LogP contribution in [0.15, 0.2) is 53.8 Å². The zero-order valence-corrected chi connectivity index (χ0v) is 12.9. The van der Waals surface area contributed by atoms with Gasteiger partial charge in [-0.1, -0.05) is 6.07 Å².